The number of nitrogen functional groups attached to an aromatic ring is 1. The van der Waals surface area contributed by atoms with E-state index >= 15 is 0 Å². The molecular weight excluding hydrogens is 309 g/mol. The number of likely N-dealkylation sites (tertiary alicyclic amines) is 1. The molecule has 0 bridgehead atoms. The van der Waals surface area contributed by atoms with Gasteiger partial charge >= 0.3 is 0 Å². The molecule has 4 nitrogen and oxygen atoms in total. The first-order valence-corrected chi connectivity index (χ1v) is 8.07. The Morgan fingerprint density at radius 2 is 2.10 bits per heavy atom. The molecule has 2 fully saturated rings. The zero-order valence-corrected chi connectivity index (χ0v) is 13.3. The molecule has 1 unspecified atom stereocenters. The molecule has 0 aromatic heterocycles. The highest BCUT2D eigenvalue weighted by atomic mass is 35.5. The number of nitrogens with one attached hydrogen (secondary N) is 1. The summed E-state index contributed by atoms with van der Waals surface area (Å²) >= 11 is 11.8. The van der Waals surface area contributed by atoms with Gasteiger partial charge in [0.1, 0.15) is 0 Å². The van der Waals surface area contributed by atoms with Crippen molar-refractivity contribution in [2.75, 3.05) is 25.4 Å². The molecule has 0 radical (unpaired) electrons. The van der Waals surface area contributed by atoms with E-state index in [1.165, 1.54) is 12.8 Å². The fourth-order valence-corrected chi connectivity index (χ4v) is 3.22. The highest BCUT2D eigenvalue weighted by Crippen LogP contribution is 2.32. The van der Waals surface area contributed by atoms with Gasteiger partial charge in [-0.3, -0.25) is 4.79 Å². The number of carbonyl (C=O) groups is 1. The van der Waals surface area contributed by atoms with Gasteiger partial charge in [-0.1, -0.05) is 23.2 Å². The zero-order valence-electron chi connectivity index (χ0n) is 11.7. The first kappa shape index (κ1) is 14.9. The van der Waals surface area contributed by atoms with Crippen LogP contribution in [0.25, 0.3) is 0 Å². The Labute approximate surface area is 134 Å². The van der Waals surface area contributed by atoms with Crippen molar-refractivity contribution in [2.24, 2.45) is 5.92 Å². The summed E-state index contributed by atoms with van der Waals surface area (Å²) in [6.07, 6.45) is 3.82. The average molecular weight is 328 g/mol. The monoisotopic (exact) mass is 327 g/mol. The predicted molar refractivity (Wildman–Crippen MR) is 85.9 cm³/mol. The van der Waals surface area contributed by atoms with E-state index in [9.17, 15) is 4.79 Å². The second kappa shape index (κ2) is 6.03. The summed E-state index contributed by atoms with van der Waals surface area (Å²) in [4.78, 5) is 14.7. The van der Waals surface area contributed by atoms with Crippen LogP contribution in [0.1, 0.15) is 29.6 Å². The Balaban J connectivity index is 1.54. The summed E-state index contributed by atoms with van der Waals surface area (Å²) in [7, 11) is 0. The van der Waals surface area contributed by atoms with E-state index in [1.54, 1.807) is 12.1 Å². The maximum Gasteiger partial charge on any atom is 0.251 e. The van der Waals surface area contributed by atoms with Crippen LogP contribution in [0.2, 0.25) is 10.0 Å². The van der Waals surface area contributed by atoms with Crippen molar-refractivity contribution in [2.45, 2.75) is 25.3 Å². The number of halogens is 2. The standard InChI is InChI=1S/C15H19Cl2N3O/c16-12-5-10(6-13(18)14(12)17)15(21)19-7-9-3-4-20(8-9)11-1-2-11/h5-6,9,11H,1-4,7-8,18H2,(H,19,21). The normalized spacial score (nSPS) is 22.5. The molecule has 1 amide bonds. The minimum absolute atomic E-state index is 0.148. The lowest BCUT2D eigenvalue weighted by atomic mass is 10.1. The first-order valence-electron chi connectivity index (χ1n) is 7.31. The van der Waals surface area contributed by atoms with Crippen molar-refractivity contribution < 1.29 is 4.79 Å². The summed E-state index contributed by atoms with van der Waals surface area (Å²) in [5, 5.41) is 3.58. The van der Waals surface area contributed by atoms with Crippen LogP contribution in [0.5, 0.6) is 0 Å². The quantitative estimate of drug-likeness (QED) is 0.836. The fraction of sp³-hybridized carbons (Fsp3) is 0.533. The van der Waals surface area contributed by atoms with Gasteiger partial charge in [0.25, 0.3) is 5.91 Å². The number of hydrogen-bond acceptors (Lipinski definition) is 3. The van der Waals surface area contributed by atoms with Crippen molar-refractivity contribution in [3.63, 3.8) is 0 Å². The van der Waals surface area contributed by atoms with Gasteiger partial charge in [0.2, 0.25) is 0 Å². The summed E-state index contributed by atoms with van der Waals surface area (Å²) < 4.78 is 0. The van der Waals surface area contributed by atoms with Gasteiger partial charge in [-0.2, -0.15) is 0 Å². The Kier molecular flexibility index (Phi) is 4.29. The van der Waals surface area contributed by atoms with E-state index in [2.05, 4.69) is 10.2 Å². The van der Waals surface area contributed by atoms with E-state index in [4.69, 9.17) is 28.9 Å². The number of nitrogens with two attached hydrogens (primary N) is 1. The molecule has 3 N–H and O–H groups in total. The second-order valence-electron chi connectivity index (χ2n) is 5.95. The highest BCUT2D eigenvalue weighted by molar-refractivity contribution is 6.43. The molecular formula is C15H19Cl2N3O. The number of amides is 1. The molecule has 21 heavy (non-hydrogen) atoms. The van der Waals surface area contributed by atoms with E-state index < -0.39 is 0 Å². The average Bonchev–Trinajstić information content (AvgIpc) is 3.21. The maximum atomic E-state index is 12.2. The molecule has 2 aliphatic rings. The Morgan fingerprint density at radius 1 is 1.33 bits per heavy atom. The summed E-state index contributed by atoms with van der Waals surface area (Å²) in [6, 6.07) is 3.93. The van der Waals surface area contributed by atoms with E-state index in [-0.39, 0.29) is 5.91 Å². The van der Waals surface area contributed by atoms with Crippen molar-refractivity contribution in [3.05, 3.63) is 27.7 Å². The maximum absolute atomic E-state index is 12.2. The number of nitrogens with zero attached hydrogens (tertiary/aromatic N) is 1. The topological polar surface area (TPSA) is 58.4 Å². The van der Waals surface area contributed by atoms with Crippen LogP contribution < -0.4 is 11.1 Å². The zero-order chi connectivity index (χ0) is 15.0. The molecule has 1 aliphatic heterocycles. The third kappa shape index (κ3) is 3.44. The lowest BCUT2D eigenvalue weighted by Crippen LogP contribution is -2.31. The van der Waals surface area contributed by atoms with Crippen LogP contribution in [-0.4, -0.2) is 36.5 Å². The lowest BCUT2D eigenvalue weighted by Gasteiger charge is -2.15. The predicted octanol–water partition coefficient (Wildman–Crippen LogP) is 2.79. The van der Waals surface area contributed by atoms with Crippen LogP contribution in [-0.2, 0) is 0 Å². The van der Waals surface area contributed by atoms with Gasteiger partial charge in [-0.25, -0.2) is 0 Å². The molecule has 6 heteroatoms. The van der Waals surface area contributed by atoms with Crippen molar-refractivity contribution in [1.29, 1.82) is 0 Å². The minimum atomic E-state index is -0.148. The summed E-state index contributed by atoms with van der Waals surface area (Å²) in [5.41, 5.74) is 6.52. The molecule has 1 saturated heterocycles. The van der Waals surface area contributed by atoms with Crippen molar-refractivity contribution in [3.8, 4) is 0 Å². The fourth-order valence-electron chi connectivity index (χ4n) is 2.88. The first-order chi connectivity index (χ1) is 10.0. The summed E-state index contributed by atoms with van der Waals surface area (Å²) in [5.74, 6) is 0.389. The van der Waals surface area contributed by atoms with E-state index in [1.807, 2.05) is 0 Å². The van der Waals surface area contributed by atoms with Gasteiger partial charge in [0, 0.05) is 24.7 Å². The van der Waals surface area contributed by atoms with Crippen LogP contribution in [0.3, 0.4) is 0 Å². The van der Waals surface area contributed by atoms with Crippen molar-refractivity contribution >= 4 is 34.8 Å². The van der Waals surface area contributed by atoms with Crippen molar-refractivity contribution in [1.82, 2.24) is 10.2 Å². The highest BCUT2D eigenvalue weighted by Gasteiger charge is 2.34. The molecule has 0 spiro atoms. The largest absolute Gasteiger partial charge is 0.397 e. The Bertz CT molecular complexity index is 537. The van der Waals surface area contributed by atoms with Gasteiger partial charge in [-0.05, 0) is 43.9 Å². The molecule has 3 rings (SSSR count). The third-order valence-corrected chi connectivity index (χ3v) is 5.07. The SMILES string of the molecule is Nc1cc(C(=O)NCC2CCN(C3CC3)C2)cc(Cl)c1Cl. The van der Waals surface area contributed by atoms with Gasteiger partial charge in [0.05, 0.1) is 15.7 Å². The molecule has 1 atom stereocenters. The summed E-state index contributed by atoms with van der Waals surface area (Å²) in [6.45, 7) is 2.95. The molecule has 114 valence electrons. The smallest absolute Gasteiger partial charge is 0.251 e. The Hall–Kier alpha value is -0.970. The minimum Gasteiger partial charge on any atom is -0.397 e. The van der Waals surface area contributed by atoms with E-state index in [0.29, 0.717) is 33.8 Å². The molecule has 1 saturated carbocycles. The van der Waals surface area contributed by atoms with Gasteiger partial charge in [-0.15, -0.1) is 0 Å². The van der Waals surface area contributed by atoms with Crippen LogP contribution >= 0.6 is 23.2 Å². The number of benzene rings is 1. The molecule has 1 aliphatic carbocycles. The Morgan fingerprint density at radius 3 is 2.76 bits per heavy atom. The number of hydrogen-bond donors (Lipinski definition) is 2. The number of rotatable bonds is 4. The second-order valence-corrected chi connectivity index (χ2v) is 6.74. The van der Waals surface area contributed by atoms with E-state index in [0.717, 1.165) is 25.6 Å². The number of carbonyl (C=O) groups excluding carboxylic acids is 1. The van der Waals surface area contributed by atoms with Crippen LogP contribution in [0, 0.1) is 5.92 Å². The van der Waals surface area contributed by atoms with Gasteiger partial charge in [0.15, 0.2) is 0 Å². The van der Waals surface area contributed by atoms with Gasteiger partial charge < -0.3 is 16.0 Å². The molecule has 1 heterocycles. The van der Waals surface area contributed by atoms with Crippen LogP contribution in [0.4, 0.5) is 5.69 Å². The molecule has 1 aromatic rings. The number of anilines is 1. The molecule has 1 aromatic carbocycles. The third-order valence-electron chi connectivity index (χ3n) is 4.25. The van der Waals surface area contributed by atoms with Crippen LogP contribution in [0.15, 0.2) is 12.1 Å². The lowest BCUT2D eigenvalue weighted by molar-refractivity contribution is 0.0947.